The quantitative estimate of drug-likeness (QED) is 0.801. The second-order valence-corrected chi connectivity index (χ2v) is 7.40. The maximum atomic E-state index is 6.11. The Labute approximate surface area is 99.9 Å². The van der Waals surface area contributed by atoms with Crippen molar-refractivity contribution in [2.24, 2.45) is 22.5 Å². The van der Waals surface area contributed by atoms with Crippen LogP contribution >= 0.6 is 0 Å². The molecule has 0 aliphatic heterocycles. The predicted molar refractivity (Wildman–Crippen MR) is 67.2 cm³/mol. The summed E-state index contributed by atoms with van der Waals surface area (Å²) in [7, 11) is 0. The second kappa shape index (κ2) is 3.46. The molecule has 0 unspecified atom stereocenters. The van der Waals surface area contributed by atoms with Crippen molar-refractivity contribution in [3.05, 3.63) is 0 Å². The van der Waals surface area contributed by atoms with Crippen LogP contribution in [0, 0.1) is 16.7 Å². The highest BCUT2D eigenvalue weighted by Crippen LogP contribution is 2.66. The molecule has 0 aromatic carbocycles. The minimum absolute atomic E-state index is 0.206. The van der Waals surface area contributed by atoms with E-state index < -0.39 is 0 Å². The molecular weight excluding hydrogens is 198 g/mol. The molecule has 2 N–H and O–H groups in total. The van der Waals surface area contributed by atoms with E-state index in [1.165, 1.54) is 19.3 Å². The largest absolute Gasteiger partial charge is 0.376 e. The van der Waals surface area contributed by atoms with Crippen molar-refractivity contribution in [3.63, 3.8) is 0 Å². The van der Waals surface area contributed by atoms with E-state index in [1.807, 2.05) is 13.8 Å². The fraction of sp³-hybridized carbons (Fsp3) is 1.00. The lowest BCUT2D eigenvalue weighted by Crippen LogP contribution is -2.43. The molecule has 2 rings (SSSR count). The molecule has 94 valence electrons. The monoisotopic (exact) mass is 225 g/mol. The Bertz CT molecular complexity index is 279. The fourth-order valence-corrected chi connectivity index (χ4v) is 3.70. The van der Waals surface area contributed by atoms with E-state index in [4.69, 9.17) is 10.5 Å². The van der Waals surface area contributed by atoms with E-state index in [0.29, 0.717) is 23.5 Å². The van der Waals surface area contributed by atoms with Crippen molar-refractivity contribution in [3.8, 4) is 0 Å². The number of nitrogens with two attached hydrogens (primary N) is 1. The van der Waals surface area contributed by atoms with Crippen LogP contribution in [-0.2, 0) is 4.74 Å². The van der Waals surface area contributed by atoms with E-state index >= 15 is 0 Å². The maximum absolute atomic E-state index is 6.11. The van der Waals surface area contributed by atoms with Crippen LogP contribution < -0.4 is 5.73 Å². The lowest BCUT2D eigenvalue weighted by Gasteiger charge is -2.39. The Hall–Kier alpha value is -0.0800. The van der Waals surface area contributed by atoms with Gasteiger partial charge < -0.3 is 10.5 Å². The molecule has 0 aromatic rings. The second-order valence-electron chi connectivity index (χ2n) is 7.40. The molecule has 2 saturated carbocycles. The van der Waals surface area contributed by atoms with Gasteiger partial charge in [0, 0.05) is 5.54 Å². The summed E-state index contributed by atoms with van der Waals surface area (Å²) in [6, 6.07) is 0. The molecule has 2 fully saturated rings. The van der Waals surface area contributed by atoms with Gasteiger partial charge in [-0.3, -0.25) is 0 Å². The smallest absolute Gasteiger partial charge is 0.0644 e. The van der Waals surface area contributed by atoms with Crippen LogP contribution in [-0.4, -0.2) is 18.2 Å². The first-order valence-electron chi connectivity index (χ1n) is 6.57. The molecular formula is C14H27NO. The van der Waals surface area contributed by atoms with Gasteiger partial charge in [0.05, 0.1) is 12.7 Å². The van der Waals surface area contributed by atoms with Crippen molar-refractivity contribution in [1.29, 1.82) is 0 Å². The summed E-state index contributed by atoms with van der Waals surface area (Å²) in [5.74, 6) is 0.850. The summed E-state index contributed by atoms with van der Waals surface area (Å²) in [5, 5.41) is 0. The van der Waals surface area contributed by atoms with Crippen LogP contribution in [0.3, 0.4) is 0 Å². The van der Waals surface area contributed by atoms with Crippen LogP contribution in [0.4, 0.5) is 0 Å². The van der Waals surface area contributed by atoms with Crippen LogP contribution in [0.25, 0.3) is 0 Å². The maximum Gasteiger partial charge on any atom is 0.0644 e. The number of fused-ring (bicyclic) bond motifs is 2. The van der Waals surface area contributed by atoms with Crippen molar-refractivity contribution >= 4 is 0 Å². The highest BCUT2D eigenvalue weighted by atomic mass is 16.5. The molecule has 0 heterocycles. The standard InChI is InChI=1S/C14H27NO/c1-12(2,15)9-16-11-8-10-6-7-14(11,5)13(10,3)4/h10-11H,6-9,15H2,1-5H3/t10-,11+,14-/m0/s1. The van der Waals surface area contributed by atoms with Gasteiger partial charge in [0.1, 0.15) is 0 Å². The normalized spacial score (nSPS) is 41.6. The molecule has 0 aromatic heterocycles. The zero-order valence-corrected chi connectivity index (χ0v) is 11.5. The van der Waals surface area contributed by atoms with E-state index in [1.54, 1.807) is 0 Å². The molecule has 0 saturated heterocycles. The average Bonchev–Trinajstić information content (AvgIpc) is 2.45. The molecule has 2 nitrogen and oxygen atoms in total. The van der Waals surface area contributed by atoms with Crippen molar-refractivity contribution < 1.29 is 4.74 Å². The van der Waals surface area contributed by atoms with E-state index in [-0.39, 0.29) is 5.54 Å². The van der Waals surface area contributed by atoms with Crippen molar-refractivity contribution in [2.75, 3.05) is 6.61 Å². The van der Waals surface area contributed by atoms with Gasteiger partial charge in [-0.15, -0.1) is 0 Å². The highest BCUT2D eigenvalue weighted by molar-refractivity contribution is 5.11. The third-order valence-electron chi connectivity index (χ3n) is 5.37. The van der Waals surface area contributed by atoms with Gasteiger partial charge in [-0.05, 0) is 49.9 Å². The molecule has 0 amide bonds. The zero-order chi connectivity index (χ0) is 12.2. The molecule has 2 heteroatoms. The molecule has 3 atom stereocenters. The summed E-state index contributed by atoms with van der Waals surface area (Å²) in [4.78, 5) is 0. The highest BCUT2D eigenvalue weighted by Gasteiger charge is 2.61. The Morgan fingerprint density at radius 3 is 2.31 bits per heavy atom. The Kier molecular flexibility index (Phi) is 2.67. The average molecular weight is 225 g/mol. The summed E-state index contributed by atoms with van der Waals surface area (Å²) in [6.45, 7) is 12.0. The van der Waals surface area contributed by atoms with E-state index in [0.717, 1.165) is 5.92 Å². The number of hydrogen-bond donors (Lipinski definition) is 1. The zero-order valence-electron chi connectivity index (χ0n) is 11.5. The molecule has 16 heavy (non-hydrogen) atoms. The SMILES string of the molecule is CC(C)(N)CO[C@@H]1C[C@@H]2CC[C@]1(C)C2(C)C. The molecule has 2 aliphatic rings. The molecule has 2 bridgehead atoms. The first-order valence-corrected chi connectivity index (χ1v) is 6.57. The van der Waals surface area contributed by atoms with Crippen LogP contribution in [0.1, 0.15) is 53.9 Å². The summed E-state index contributed by atoms with van der Waals surface area (Å²) in [6.07, 6.45) is 4.36. The summed E-state index contributed by atoms with van der Waals surface area (Å²) < 4.78 is 6.11. The first kappa shape index (κ1) is 12.4. The lowest BCUT2D eigenvalue weighted by atomic mass is 9.70. The van der Waals surface area contributed by atoms with Crippen LogP contribution in [0.5, 0.6) is 0 Å². The Balaban J connectivity index is 2.05. The first-order chi connectivity index (χ1) is 7.17. The Morgan fingerprint density at radius 2 is 1.94 bits per heavy atom. The minimum Gasteiger partial charge on any atom is -0.376 e. The number of rotatable bonds is 3. The fourth-order valence-electron chi connectivity index (χ4n) is 3.70. The van der Waals surface area contributed by atoms with Gasteiger partial charge in [-0.1, -0.05) is 20.8 Å². The van der Waals surface area contributed by atoms with Crippen molar-refractivity contribution in [2.45, 2.75) is 65.5 Å². The van der Waals surface area contributed by atoms with Gasteiger partial charge in [-0.2, -0.15) is 0 Å². The minimum atomic E-state index is -0.206. The van der Waals surface area contributed by atoms with Crippen LogP contribution in [0.15, 0.2) is 0 Å². The summed E-state index contributed by atoms with van der Waals surface area (Å²) >= 11 is 0. The topological polar surface area (TPSA) is 35.2 Å². The third kappa shape index (κ3) is 1.70. The van der Waals surface area contributed by atoms with Crippen molar-refractivity contribution in [1.82, 2.24) is 0 Å². The van der Waals surface area contributed by atoms with Gasteiger partial charge in [0.25, 0.3) is 0 Å². The Morgan fingerprint density at radius 1 is 1.31 bits per heavy atom. The predicted octanol–water partition coefficient (Wildman–Crippen LogP) is 2.96. The van der Waals surface area contributed by atoms with E-state index in [9.17, 15) is 0 Å². The van der Waals surface area contributed by atoms with Gasteiger partial charge in [-0.25, -0.2) is 0 Å². The molecule has 0 radical (unpaired) electrons. The van der Waals surface area contributed by atoms with Gasteiger partial charge in [0.2, 0.25) is 0 Å². The molecule has 2 aliphatic carbocycles. The summed E-state index contributed by atoms with van der Waals surface area (Å²) in [5.41, 5.74) is 6.60. The van der Waals surface area contributed by atoms with Crippen LogP contribution in [0.2, 0.25) is 0 Å². The van der Waals surface area contributed by atoms with Gasteiger partial charge in [0.15, 0.2) is 0 Å². The third-order valence-corrected chi connectivity index (χ3v) is 5.37. The number of hydrogen-bond acceptors (Lipinski definition) is 2. The van der Waals surface area contributed by atoms with E-state index in [2.05, 4.69) is 20.8 Å². The van der Waals surface area contributed by atoms with Gasteiger partial charge >= 0.3 is 0 Å². The molecule has 0 spiro atoms. The lowest BCUT2D eigenvalue weighted by molar-refractivity contribution is -0.0591. The number of ether oxygens (including phenoxy) is 1.